The topological polar surface area (TPSA) is 162 Å². The summed E-state index contributed by atoms with van der Waals surface area (Å²) in [4.78, 5) is 36.1. The number of aliphatic hydroxyl groups excluding tert-OH is 1. The predicted molar refractivity (Wildman–Crippen MR) is 149 cm³/mol. The molecule has 0 aliphatic heterocycles. The van der Waals surface area contributed by atoms with Gasteiger partial charge in [-0.05, 0) is 41.9 Å². The molecule has 4 N–H and O–H groups in total. The lowest BCUT2D eigenvalue weighted by Gasteiger charge is -2.38. The van der Waals surface area contributed by atoms with E-state index in [4.69, 9.17) is 4.74 Å². The molecule has 2 aromatic rings. The number of rotatable bonds is 13. The maximum Gasteiger partial charge on any atom is 0.323 e. The molecule has 3 atom stereocenters. The number of carbonyl (C=O) groups excluding carboxylic acids is 1. The maximum absolute atomic E-state index is 12.5. The van der Waals surface area contributed by atoms with Crippen LogP contribution in [0.2, 0.25) is 0 Å². The molecule has 0 aromatic heterocycles. The first-order valence-electron chi connectivity index (χ1n) is 13.5. The number of aromatic hydroxyl groups is 1. The van der Waals surface area contributed by atoms with Gasteiger partial charge >= 0.3 is 5.97 Å². The molecule has 1 amide bonds. The van der Waals surface area contributed by atoms with Crippen LogP contribution < -0.4 is 10.2 Å². The third kappa shape index (κ3) is 8.15. The van der Waals surface area contributed by atoms with E-state index < -0.39 is 24.0 Å². The number of aliphatic carboxylic acids is 1. The molecule has 1 saturated carbocycles. The standard InChI is InChI=1S/C29H39N3O8/c1-18(2)28-19(3)5-4-6-25(28)40-17-26(34)30-13-20-7-9-23(10-8-20)31(15-27(35)36)14-21-11-24(32(38)39)12-22(16-33)29(21)37/h7-12,18-19,25,28,33,37H,4-6,13-17H2,1-3H3,(H,30,34)(H,35,36). The zero-order chi connectivity index (χ0) is 29.4. The third-order valence-corrected chi connectivity index (χ3v) is 7.54. The van der Waals surface area contributed by atoms with Gasteiger partial charge in [-0.1, -0.05) is 45.7 Å². The molecule has 11 nitrogen and oxygen atoms in total. The molecule has 1 aliphatic rings. The Kier molecular flexibility index (Phi) is 10.9. The van der Waals surface area contributed by atoms with Crippen molar-refractivity contribution in [1.82, 2.24) is 5.32 Å². The highest BCUT2D eigenvalue weighted by molar-refractivity contribution is 5.77. The third-order valence-electron chi connectivity index (χ3n) is 7.54. The van der Waals surface area contributed by atoms with Crippen molar-refractivity contribution >= 4 is 23.3 Å². The van der Waals surface area contributed by atoms with Crippen LogP contribution in [0.1, 0.15) is 56.7 Å². The molecule has 3 rings (SSSR count). The Hall–Kier alpha value is -3.70. The quantitative estimate of drug-likeness (QED) is 0.211. The number of benzene rings is 2. The molecule has 0 radical (unpaired) electrons. The molecule has 0 spiro atoms. The van der Waals surface area contributed by atoms with Gasteiger partial charge in [0.1, 0.15) is 18.9 Å². The summed E-state index contributed by atoms with van der Waals surface area (Å²) in [5.74, 6) is -0.178. The van der Waals surface area contributed by atoms with Crippen molar-refractivity contribution in [1.29, 1.82) is 0 Å². The number of ether oxygens (including phenoxy) is 1. The van der Waals surface area contributed by atoms with Crippen LogP contribution in [-0.2, 0) is 34.0 Å². The van der Waals surface area contributed by atoms with E-state index in [2.05, 4.69) is 26.1 Å². The molecule has 40 heavy (non-hydrogen) atoms. The van der Waals surface area contributed by atoms with E-state index in [1.54, 1.807) is 24.3 Å². The maximum atomic E-state index is 12.5. The first-order chi connectivity index (χ1) is 19.0. The number of phenols is 1. The van der Waals surface area contributed by atoms with Crippen LogP contribution in [-0.4, -0.2) is 51.4 Å². The summed E-state index contributed by atoms with van der Waals surface area (Å²) in [5, 5.41) is 43.5. The summed E-state index contributed by atoms with van der Waals surface area (Å²) in [6.07, 6.45) is 3.33. The van der Waals surface area contributed by atoms with E-state index in [9.17, 15) is 35.0 Å². The fourth-order valence-corrected chi connectivity index (χ4v) is 5.63. The van der Waals surface area contributed by atoms with Gasteiger partial charge < -0.3 is 30.3 Å². The number of nitro groups is 1. The van der Waals surface area contributed by atoms with E-state index in [0.717, 1.165) is 30.5 Å². The molecule has 3 unspecified atom stereocenters. The molecule has 0 bridgehead atoms. The number of carbonyl (C=O) groups is 2. The van der Waals surface area contributed by atoms with E-state index >= 15 is 0 Å². The van der Waals surface area contributed by atoms with Crippen LogP contribution in [0.5, 0.6) is 5.75 Å². The number of nitro benzene ring substituents is 1. The van der Waals surface area contributed by atoms with Gasteiger partial charge in [0.15, 0.2) is 0 Å². The van der Waals surface area contributed by atoms with E-state index in [1.807, 2.05) is 0 Å². The van der Waals surface area contributed by atoms with Gasteiger partial charge in [-0.15, -0.1) is 0 Å². The fourth-order valence-electron chi connectivity index (χ4n) is 5.63. The molecular weight excluding hydrogens is 518 g/mol. The summed E-state index contributed by atoms with van der Waals surface area (Å²) >= 11 is 0. The highest BCUT2D eigenvalue weighted by Gasteiger charge is 2.33. The second-order valence-electron chi connectivity index (χ2n) is 10.8. The number of anilines is 1. The Labute approximate surface area is 233 Å². The van der Waals surface area contributed by atoms with E-state index in [0.29, 0.717) is 23.4 Å². The molecule has 0 heterocycles. The Morgan fingerprint density at radius 1 is 1.18 bits per heavy atom. The normalized spacial score (nSPS) is 18.9. The first-order valence-corrected chi connectivity index (χ1v) is 13.5. The molecular formula is C29H39N3O8. The summed E-state index contributed by atoms with van der Waals surface area (Å²) in [6.45, 7) is 5.73. The Morgan fingerprint density at radius 3 is 2.45 bits per heavy atom. The number of hydrogen-bond acceptors (Lipinski definition) is 8. The second kappa shape index (κ2) is 14.1. The Morgan fingerprint density at radius 2 is 1.85 bits per heavy atom. The molecule has 0 saturated heterocycles. The summed E-state index contributed by atoms with van der Waals surface area (Å²) in [6, 6.07) is 9.09. The monoisotopic (exact) mass is 557 g/mol. The lowest BCUT2D eigenvalue weighted by atomic mass is 9.72. The zero-order valence-electron chi connectivity index (χ0n) is 23.2. The van der Waals surface area contributed by atoms with Crippen LogP contribution in [0.25, 0.3) is 0 Å². The number of carboxylic acid groups (broad SMARTS) is 1. The Balaban J connectivity index is 1.63. The van der Waals surface area contributed by atoms with Crippen LogP contribution in [0.15, 0.2) is 36.4 Å². The van der Waals surface area contributed by atoms with Crippen molar-refractivity contribution in [2.45, 2.75) is 65.8 Å². The highest BCUT2D eigenvalue weighted by Crippen LogP contribution is 2.36. The number of amides is 1. The molecule has 11 heteroatoms. The summed E-state index contributed by atoms with van der Waals surface area (Å²) in [5.41, 5.74) is 1.07. The number of carboxylic acids is 1. The van der Waals surface area contributed by atoms with Crippen molar-refractivity contribution in [3.05, 3.63) is 63.2 Å². The van der Waals surface area contributed by atoms with Crippen LogP contribution >= 0.6 is 0 Å². The van der Waals surface area contributed by atoms with Gasteiger partial charge in [0.2, 0.25) is 5.91 Å². The molecule has 218 valence electrons. The smallest absolute Gasteiger partial charge is 0.323 e. The molecule has 1 aliphatic carbocycles. The minimum absolute atomic E-state index is 0.00634. The second-order valence-corrected chi connectivity index (χ2v) is 10.8. The minimum Gasteiger partial charge on any atom is -0.507 e. The predicted octanol–water partition coefficient (Wildman–Crippen LogP) is 3.98. The van der Waals surface area contributed by atoms with Crippen molar-refractivity contribution in [2.75, 3.05) is 18.1 Å². The van der Waals surface area contributed by atoms with Crippen LogP contribution in [0.4, 0.5) is 11.4 Å². The van der Waals surface area contributed by atoms with E-state index in [1.165, 1.54) is 11.3 Å². The van der Waals surface area contributed by atoms with Gasteiger partial charge in [-0.25, -0.2) is 0 Å². The number of nitrogens with one attached hydrogen (secondary N) is 1. The SMILES string of the molecule is CC(C)C1C(C)CCCC1OCC(=O)NCc1ccc(N(CC(=O)O)Cc2cc([N+](=O)[O-])cc(CO)c2O)cc1. The van der Waals surface area contributed by atoms with Crippen molar-refractivity contribution in [3.8, 4) is 5.75 Å². The van der Waals surface area contributed by atoms with Gasteiger partial charge in [-0.2, -0.15) is 0 Å². The van der Waals surface area contributed by atoms with Crippen LogP contribution in [0, 0.1) is 27.9 Å². The first kappa shape index (κ1) is 30.8. The minimum atomic E-state index is -1.13. The fraction of sp³-hybridized carbons (Fsp3) is 0.517. The number of nitrogens with zero attached hydrogens (tertiary/aromatic N) is 2. The van der Waals surface area contributed by atoms with Crippen LogP contribution in [0.3, 0.4) is 0 Å². The summed E-state index contributed by atoms with van der Waals surface area (Å²) < 4.78 is 6.02. The number of aliphatic hydroxyl groups is 1. The largest absolute Gasteiger partial charge is 0.507 e. The van der Waals surface area contributed by atoms with Gasteiger partial charge in [-0.3, -0.25) is 19.7 Å². The summed E-state index contributed by atoms with van der Waals surface area (Å²) in [7, 11) is 0. The average Bonchev–Trinajstić information content (AvgIpc) is 2.91. The Bertz CT molecular complexity index is 1180. The lowest BCUT2D eigenvalue weighted by Crippen LogP contribution is -2.39. The zero-order valence-corrected chi connectivity index (χ0v) is 23.2. The number of hydrogen-bond donors (Lipinski definition) is 4. The highest BCUT2D eigenvalue weighted by atomic mass is 16.6. The van der Waals surface area contributed by atoms with Gasteiger partial charge in [0.25, 0.3) is 5.69 Å². The van der Waals surface area contributed by atoms with Gasteiger partial charge in [0, 0.05) is 42.0 Å². The van der Waals surface area contributed by atoms with Gasteiger partial charge in [0.05, 0.1) is 17.6 Å². The lowest BCUT2D eigenvalue weighted by molar-refractivity contribution is -0.385. The van der Waals surface area contributed by atoms with Crippen molar-refractivity contribution < 1.29 is 34.6 Å². The van der Waals surface area contributed by atoms with E-state index in [-0.39, 0.29) is 54.3 Å². The average molecular weight is 558 g/mol. The van der Waals surface area contributed by atoms with Crippen molar-refractivity contribution in [2.24, 2.45) is 17.8 Å². The molecule has 1 fully saturated rings. The number of non-ortho nitro benzene ring substituents is 1. The molecule has 2 aromatic carbocycles. The van der Waals surface area contributed by atoms with Crippen molar-refractivity contribution in [3.63, 3.8) is 0 Å².